The number of aromatic nitrogens is 3. The molecule has 4 aromatic rings. The van der Waals surface area contributed by atoms with Gasteiger partial charge in [0.05, 0.1) is 17.0 Å². The topological polar surface area (TPSA) is 47.3 Å². The minimum Gasteiger partial charge on any atom is -0.267 e. The molecule has 0 atom stereocenters. The van der Waals surface area contributed by atoms with Crippen molar-refractivity contribution < 1.29 is 22.0 Å². The zero-order valence-corrected chi connectivity index (χ0v) is 16.0. The van der Waals surface area contributed by atoms with E-state index in [1.165, 1.54) is 30.3 Å². The summed E-state index contributed by atoms with van der Waals surface area (Å²) in [5.41, 5.74) is 0.0243. The molecule has 0 bridgehead atoms. The van der Waals surface area contributed by atoms with Gasteiger partial charge in [-0.25, -0.2) is 13.8 Å². The van der Waals surface area contributed by atoms with Crippen molar-refractivity contribution >= 4 is 5.65 Å². The molecule has 0 aliphatic carbocycles. The van der Waals surface area contributed by atoms with E-state index in [-0.39, 0.29) is 16.9 Å². The second kappa shape index (κ2) is 7.57. The number of nitrogens with zero attached hydrogens (tertiary/aromatic N) is 3. The first kappa shape index (κ1) is 20.6. The van der Waals surface area contributed by atoms with Crippen LogP contribution in [0.25, 0.3) is 28.0 Å². The molecule has 31 heavy (non-hydrogen) atoms. The Kier molecular flexibility index (Phi) is 5.04. The Morgan fingerprint density at radius 1 is 0.935 bits per heavy atom. The lowest BCUT2D eigenvalue weighted by Crippen LogP contribution is -2.19. The van der Waals surface area contributed by atoms with Crippen molar-refractivity contribution in [3.63, 3.8) is 0 Å². The number of hydrogen-bond acceptors (Lipinski definition) is 3. The highest BCUT2D eigenvalue weighted by atomic mass is 19.4. The van der Waals surface area contributed by atoms with E-state index in [0.717, 1.165) is 28.8 Å². The molecule has 0 saturated heterocycles. The van der Waals surface area contributed by atoms with Crippen LogP contribution < -0.4 is 5.56 Å². The molecule has 0 N–H and O–H groups in total. The van der Waals surface area contributed by atoms with Crippen molar-refractivity contribution in [1.29, 1.82) is 0 Å². The second-order valence-corrected chi connectivity index (χ2v) is 6.81. The Bertz CT molecular complexity index is 1340. The van der Waals surface area contributed by atoms with Crippen LogP contribution in [-0.4, -0.2) is 14.6 Å². The predicted molar refractivity (Wildman–Crippen MR) is 104 cm³/mol. The highest BCUT2D eigenvalue weighted by molar-refractivity contribution is 5.71. The van der Waals surface area contributed by atoms with Crippen LogP contribution in [0, 0.1) is 11.6 Å². The average Bonchev–Trinajstić information content (AvgIpc) is 2.72. The molecule has 2 heterocycles. The number of fused-ring (bicyclic) bond motifs is 1. The van der Waals surface area contributed by atoms with Crippen LogP contribution in [0.2, 0.25) is 0 Å². The molecule has 0 radical (unpaired) electrons. The summed E-state index contributed by atoms with van der Waals surface area (Å²) < 4.78 is 67.1. The lowest BCUT2D eigenvalue weighted by molar-refractivity contribution is -0.137. The first-order valence-corrected chi connectivity index (χ1v) is 9.24. The van der Waals surface area contributed by atoms with Crippen molar-refractivity contribution in [2.45, 2.75) is 19.5 Å². The zero-order valence-electron chi connectivity index (χ0n) is 16.0. The first-order chi connectivity index (χ1) is 14.7. The van der Waals surface area contributed by atoms with Gasteiger partial charge in [-0.2, -0.15) is 22.8 Å². The molecule has 158 valence electrons. The molecule has 4 nitrogen and oxygen atoms in total. The van der Waals surface area contributed by atoms with Gasteiger partial charge in [0.25, 0.3) is 5.56 Å². The van der Waals surface area contributed by atoms with Crippen LogP contribution in [0.5, 0.6) is 0 Å². The van der Waals surface area contributed by atoms with E-state index in [4.69, 9.17) is 0 Å². The van der Waals surface area contributed by atoms with Crippen molar-refractivity contribution in [3.8, 4) is 22.4 Å². The maximum absolute atomic E-state index is 14.4. The summed E-state index contributed by atoms with van der Waals surface area (Å²) in [7, 11) is 0. The highest BCUT2D eigenvalue weighted by Gasteiger charge is 2.30. The summed E-state index contributed by atoms with van der Waals surface area (Å²) in [6.45, 7) is 1.77. The second-order valence-electron chi connectivity index (χ2n) is 6.81. The van der Waals surface area contributed by atoms with E-state index in [1.54, 1.807) is 6.92 Å². The molecule has 2 aromatic carbocycles. The fourth-order valence-electron chi connectivity index (χ4n) is 3.26. The molecular formula is C22H14F5N3O. The number of alkyl halides is 3. The molecule has 0 saturated carbocycles. The Morgan fingerprint density at radius 2 is 1.65 bits per heavy atom. The fraction of sp³-hybridized carbons (Fsp3) is 0.136. The van der Waals surface area contributed by atoms with Crippen molar-refractivity contribution in [1.82, 2.24) is 14.6 Å². The van der Waals surface area contributed by atoms with E-state index in [9.17, 15) is 26.7 Å². The smallest absolute Gasteiger partial charge is 0.267 e. The van der Waals surface area contributed by atoms with Gasteiger partial charge in [-0.15, -0.1) is 0 Å². The highest BCUT2D eigenvalue weighted by Crippen LogP contribution is 2.31. The summed E-state index contributed by atoms with van der Waals surface area (Å²) in [5, 5.41) is 4.25. The van der Waals surface area contributed by atoms with E-state index < -0.39 is 28.9 Å². The predicted octanol–water partition coefficient (Wildman–Crippen LogP) is 5.28. The van der Waals surface area contributed by atoms with Crippen LogP contribution in [0.3, 0.4) is 0 Å². The quantitative estimate of drug-likeness (QED) is 0.415. The Morgan fingerprint density at radius 3 is 2.26 bits per heavy atom. The Hall–Kier alpha value is -3.62. The summed E-state index contributed by atoms with van der Waals surface area (Å²) in [6, 6.07) is 9.99. The van der Waals surface area contributed by atoms with Gasteiger partial charge in [0.1, 0.15) is 11.6 Å². The van der Waals surface area contributed by atoms with Crippen molar-refractivity contribution in [2.24, 2.45) is 0 Å². The maximum Gasteiger partial charge on any atom is 0.416 e. The molecule has 0 amide bonds. The molecule has 0 aliphatic heterocycles. The van der Waals surface area contributed by atoms with Crippen LogP contribution in [0.15, 0.2) is 59.4 Å². The summed E-state index contributed by atoms with van der Waals surface area (Å²) >= 11 is 0. The van der Waals surface area contributed by atoms with Gasteiger partial charge < -0.3 is 0 Å². The fourth-order valence-corrected chi connectivity index (χ4v) is 3.26. The molecule has 9 heteroatoms. The molecule has 0 unspecified atom stereocenters. The monoisotopic (exact) mass is 431 g/mol. The normalized spacial score (nSPS) is 11.8. The molecular weight excluding hydrogens is 417 g/mol. The first-order valence-electron chi connectivity index (χ1n) is 9.24. The minimum atomic E-state index is -4.48. The summed E-state index contributed by atoms with van der Waals surface area (Å²) in [5.74, 6) is -1.52. The third-order valence-corrected chi connectivity index (χ3v) is 4.79. The number of rotatable bonds is 3. The van der Waals surface area contributed by atoms with Crippen LogP contribution >= 0.6 is 0 Å². The van der Waals surface area contributed by atoms with Crippen LogP contribution in [-0.2, 0) is 12.6 Å². The van der Waals surface area contributed by atoms with Gasteiger partial charge in [-0.3, -0.25) is 4.79 Å². The average molecular weight is 431 g/mol. The van der Waals surface area contributed by atoms with Crippen LogP contribution in [0.4, 0.5) is 22.0 Å². The van der Waals surface area contributed by atoms with Gasteiger partial charge in [0, 0.05) is 28.8 Å². The van der Waals surface area contributed by atoms with Gasteiger partial charge in [-0.05, 0) is 36.8 Å². The van der Waals surface area contributed by atoms with Crippen LogP contribution in [0.1, 0.15) is 18.2 Å². The number of hydrogen-bond donors (Lipinski definition) is 0. The third-order valence-electron chi connectivity index (χ3n) is 4.79. The molecule has 0 fully saturated rings. The molecule has 0 aliphatic rings. The van der Waals surface area contributed by atoms with Gasteiger partial charge in [0.15, 0.2) is 5.65 Å². The molecule has 2 aromatic heterocycles. The standard InChI is InChI=1S/C22H14F5N3O/c1-2-18-16(15-8-7-14(23)9-17(15)24)10-20-28-19(11-21(31)30(20)29-18)12-3-5-13(6-4-12)22(25,26)27/h3-11H,2H2,1H3. The maximum atomic E-state index is 14.4. The number of halogens is 5. The Labute approximate surface area is 172 Å². The van der Waals surface area contributed by atoms with Crippen molar-refractivity contribution in [2.75, 3.05) is 0 Å². The number of benzene rings is 2. The van der Waals surface area contributed by atoms with E-state index in [2.05, 4.69) is 10.1 Å². The Balaban J connectivity index is 1.89. The van der Waals surface area contributed by atoms with E-state index >= 15 is 0 Å². The lowest BCUT2D eigenvalue weighted by atomic mass is 10.0. The van der Waals surface area contributed by atoms with E-state index in [0.29, 0.717) is 23.2 Å². The van der Waals surface area contributed by atoms with Gasteiger partial charge >= 0.3 is 6.18 Å². The lowest BCUT2D eigenvalue weighted by Gasteiger charge is -2.12. The zero-order chi connectivity index (χ0) is 22.3. The summed E-state index contributed by atoms with van der Waals surface area (Å²) in [6.07, 6.45) is -4.11. The largest absolute Gasteiger partial charge is 0.416 e. The SMILES string of the molecule is CCc1nn2c(=O)cc(-c3ccc(C(F)(F)F)cc3)nc2cc1-c1ccc(F)cc1F. The van der Waals surface area contributed by atoms with Crippen molar-refractivity contribution in [3.05, 3.63) is 87.8 Å². The minimum absolute atomic E-state index is 0.0818. The van der Waals surface area contributed by atoms with E-state index in [1.807, 2.05) is 0 Å². The molecule has 0 spiro atoms. The van der Waals surface area contributed by atoms with Gasteiger partial charge in [-0.1, -0.05) is 19.1 Å². The molecule has 4 rings (SSSR count). The third kappa shape index (κ3) is 3.90. The summed E-state index contributed by atoms with van der Waals surface area (Å²) in [4.78, 5) is 16.9. The number of aryl methyl sites for hydroxylation is 1. The van der Waals surface area contributed by atoms with Gasteiger partial charge in [0.2, 0.25) is 0 Å².